The average molecular weight is 296 g/mol. The van der Waals surface area contributed by atoms with Crippen LogP contribution in [0.1, 0.15) is 65.7 Å². The first-order chi connectivity index (χ1) is 10.5. The highest BCUT2D eigenvalue weighted by molar-refractivity contribution is 5.92. The molecule has 22 heavy (non-hydrogen) atoms. The minimum atomic E-state index is 0.191. The molecule has 0 amide bonds. The molecule has 0 spiro atoms. The van der Waals surface area contributed by atoms with E-state index in [1.165, 1.54) is 31.3 Å². The summed E-state index contributed by atoms with van der Waals surface area (Å²) in [6.07, 6.45) is 15.0. The fraction of sp³-hybridized carbons (Fsp3) is 0.667. The van der Waals surface area contributed by atoms with Crippen LogP contribution >= 0.6 is 0 Å². The largest absolute Gasteiger partial charge is 0.295 e. The van der Waals surface area contributed by atoms with Gasteiger partial charge in [-0.3, -0.25) is 4.79 Å². The second-order valence-electron chi connectivity index (χ2n) is 8.35. The Morgan fingerprint density at radius 2 is 2.00 bits per heavy atom. The van der Waals surface area contributed by atoms with Crippen molar-refractivity contribution in [2.24, 2.45) is 22.7 Å². The zero-order chi connectivity index (χ0) is 15.5. The van der Waals surface area contributed by atoms with Crippen molar-refractivity contribution in [2.45, 2.75) is 65.7 Å². The lowest BCUT2D eigenvalue weighted by molar-refractivity contribution is -0.115. The summed E-state index contributed by atoms with van der Waals surface area (Å²) in [6, 6.07) is 0. The van der Waals surface area contributed by atoms with Crippen molar-refractivity contribution in [3.63, 3.8) is 0 Å². The third kappa shape index (κ3) is 1.74. The minimum Gasteiger partial charge on any atom is -0.295 e. The molecule has 0 aromatic carbocycles. The van der Waals surface area contributed by atoms with Crippen LogP contribution in [-0.2, 0) is 4.79 Å². The molecule has 4 aliphatic carbocycles. The van der Waals surface area contributed by atoms with E-state index in [1.807, 2.05) is 6.08 Å². The summed E-state index contributed by atoms with van der Waals surface area (Å²) in [6.45, 7) is 7.14. The zero-order valence-corrected chi connectivity index (χ0v) is 14.2. The zero-order valence-electron chi connectivity index (χ0n) is 14.2. The summed E-state index contributed by atoms with van der Waals surface area (Å²) < 4.78 is 0. The van der Waals surface area contributed by atoms with Crippen LogP contribution in [0.5, 0.6) is 0 Å². The monoisotopic (exact) mass is 296 g/mol. The number of carbonyl (C=O) groups is 1. The summed E-state index contributed by atoms with van der Waals surface area (Å²) in [7, 11) is 0. The number of fused-ring (bicyclic) bond motifs is 5. The van der Waals surface area contributed by atoms with E-state index in [0.717, 1.165) is 31.1 Å². The topological polar surface area (TPSA) is 17.1 Å². The third-order valence-electron chi connectivity index (χ3n) is 7.53. The molecule has 0 aromatic heterocycles. The summed E-state index contributed by atoms with van der Waals surface area (Å²) >= 11 is 0. The maximum Gasteiger partial charge on any atom is 0.155 e. The van der Waals surface area contributed by atoms with E-state index in [9.17, 15) is 4.79 Å². The number of rotatable bonds is 0. The highest BCUT2D eigenvalue weighted by Crippen LogP contribution is 2.64. The summed E-state index contributed by atoms with van der Waals surface area (Å²) in [5.74, 6) is 1.94. The van der Waals surface area contributed by atoms with Crippen LogP contribution in [0.2, 0.25) is 0 Å². The van der Waals surface area contributed by atoms with Crippen molar-refractivity contribution in [1.82, 2.24) is 0 Å². The average Bonchev–Trinajstić information content (AvgIpc) is 2.84. The van der Waals surface area contributed by atoms with E-state index in [0.29, 0.717) is 11.2 Å². The second-order valence-corrected chi connectivity index (χ2v) is 8.35. The minimum absolute atomic E-state index is 0.191. The summed E-state index contributed by atoms with van der Waals surface area (Å²) in [5.41, 5.74) is 5.41. The second kappa shape index (κ2) is 4.69. The standard InChI is InChI=1S/C21H28O/c1-4-14-6-8-18-17-7-5-15-13-16(22)9-11-21(15,3)19(17)10-12-20(14,18)2/h4,10,13,17-18H,5-9,11-12H2,1-3H3/b14-4+/t17-,18-,20+,21-/m0/s1. The van der Waals surface area contributed by atoms with Crippen LogP contribution in [-0.4, -0.2) is 5.78 Å². The molecule has 2 saturated carbocycles. The van der Waals surface area contributed by atoms with Gasteiger partial charge in [-0.2, -0.15) is 0 Å². The first-order valence-corrected chi connectivity index (χ1v) is 9.09. The van der Waals surface area contributed by atoms with Crippen LogP contribution in [0, 0.1) is 22.7 Å². The molecule has 0 saturated heterocycles. The molecule has 0 heterocycles. The molecule has 4 rings (SSSR count). The maximum absolute atomic E-state index is 11.8. The lowest BCUT2D eigenvalue weighted by atomic mass is 9.52. The van der Waals surface area contributed by atoms with Gasteiger partial charge in [0.15, 0.2) is 5.78 Å². The molecular formula is C21H28O. The fourth-order valence-electron chi connectivity index (χ4n) is 6.18. The number of hydrogen-bond acceptors (Lipinski definition) is 1. The highest BCUT2D eigenvalue weighted by atomic mass is 16.1. The summed E-state index contributed by atoms with van der Waals surface area (Å²) in [5, 5.41) is 0. The molecule has 0 bridgehead atoms. The van der Waals surface area contributed by atoms with Crippen LogP contribution in [0.3, 0.4) is 0 Å². The lowest BCUT2D eigenvalue weighted by Gasteiger charge is -2.52. The molecule has 0 aromatic rings. The molecule has 118 valence electrons. The molecule has 0 aliphatic heterocycles. The Kier molecular flexibility index (Phi) is 3.09. The first-order valence-electron chi connectivity index (χ1n) is 9.09. The van der Waals surface area contributed by atoms with Crippen molar-refractivity contribution in [1.29, 1.82) is 0 Å². The van der Waals surface area contributed by atoms with Gasteiger partial charge in [-0.15, -0.1) is 0 Å². The Morgan fingerprint density at radius 1 is 1.18 bits per heavy atom. The predicted molar refractivity (Wildman–Crippen MR) is 90.4 cm³/mol. The molecule has 1 nitrogen and oxygen atoms in total. The van der Waals surface area contributed by atoms with Crippen LogP contribution in [0.25, 0.3) is 0 Å². The third-order valence-corrected chi connectivity index (χ3v) is 7.53. The molecule has 0 unspecified atom stereocenters. The van der Waals surface area contributed by atoms with E-state index < -0.39 is 0 Å². The molecule has 0 radical (unpaired) electrons. The van der Waals surface area contributed by atoms with Gasteiger partial charge in [0.05, 0.1) is 0 Å². The Balaban J connectivity index is 1.77. The van der Waals surface area contributed by atoms with Gasteiger partial charge in [-0.1, -0.05) is 42.7 Å². The smallest absolute Gasteiger partial charge is 0.155 e. The maximum atomic E-state index is 11.8. The van der Waals surface area contributed by atoms with Gasteiger partial charge in [0, 0.05) is 11.8 Å². The Morgan fingerprint density at radius 3 is 2.77 bits per heavy atom. The molecule has 4 aliphatic rings. The van der Waals surface area contributed by atoms with Crippen molar-refractivity contribution >= 4 is 5.78 Å². The van der Waals surface area contributed by atoms with Crippen LogP contribution in [0.15, 0.2) is 34.9 Å². The lowest BCUT2D eigenvalue weighted by Crippen LogP contribution is -2.43. The first kappa shape index (κ1) is 14.5. The molecule has 4 atom stereocenters. The Labute approximate surface area is 134 Å². The Bertz CT molecular complexity index is 620. The van der Waals surface area contributed by atoms with Crippen molar-refractivity contribution in [3.05, 3.63) is 34.9 Å². The van der Waals surface area contributed by atoms with Crippen molar-refractivity contribution in [2.75, 3.05) is 0 Å². The SMILES string of the molecule is C/C=C1\CC[C@H]2[C@@H]3CCC4=CC(=O)CC[C@]4(C)C3=CC[C@]12C. The van der Waals surface area contributed by atoms with Gasteiger partial charge in [-0.05, 0) is 68.8 Å². The van der Waals surface area contributed by atoms with Gasteiger partial charge in [0.2, 0.25) is 0 Å². The normalized spacial score (nSPS) is 45.8. The van der Waals surface area contributed by atoms with Crippen LogP contribution in [0.4, 0.5) is 0 Å². The van der Waals surface area contributed by atoms with Crippen molar-refractivity contribution in [3.8, 4) is 0 Å². The van der Waals surface area contributed by atoms with Gasteiger partial charge in [0.1, 0.15) is 0 Å². The Hall–Kier alpha value is -1.11. The number of ketones is 1. The fourth-order valence-corrected chi connectivity index (χ4v) is 6.18. The molecule has 1 heteroatoms. The van der Waals surface area contributed by atoms with Gasteiger partial charge in [0.25, 0.3) is 0 Å². The van der Waals surface area contributed by atoms with E-state index in [-0.39, 0.29) is 5.41 Å². The number of hydrogen-bond donors (Lipinski definition) is 0. The highest BCUT2D eigenvalue weighted by Gasteiger charge is 2.53. The molecular weight excluding hydrogens is 268 g/mol. The van der Waals surface area contributed by atoms with E-state index in [4.69, 9.17) is 0 Å². The van der Waals surface area contributed by atoms with E-state index in [1.54, 1.807) is 11.1 Å². The quantitative estimate of drug-likeness (QED) is 0.548. The molecule has 2 fully saturated rings. The van der Waals surface area contributed by atoms with Crippen LogP contribution < -0.4 is 0 Å². The van der Waals surface area contributed by atoms with E-state index in [2.05, 4.69) is 32.9 Å². The predicted octanol–water partition coefficient (Wildman–Crippen LogP) is 5.38. The number of allylic oxidation sites excluding steroid dienone is 6. The van der Waals surface area contributed by atoms with E-state index >= 15 is 0 Å². The van der Waals surface area contributed by atoms with Gasteiger partial charge in [-0.25, -0.2) is 0 Å². The number of carbonyl (C=O) groups excluding carboxylic acids is 1. The summed E-state index contributed by atoms with van der Waals surface area (Å²) in [4.78, 5) is 11.8. The van der Waals surface area contributed by atoms with Gasteiger partial charge >= 0.3 is 0 Å². The molecule has 0 N–H and O–H groups in total. The van der Waals surface area contributed by atoms with Gasteiger partial charge < -0.3 is 0 Å². The van der Waals surface area contributed by atoms with Crippen molar-refractivity contribution < 1.29 is 4.79 Å².